The summed E-state index contributed by atoms with van der Waals surface area (Å²) in [5.74, 6) is 0.947. The van der Waals surface area contributed by atoms with E-state index in [1.807, 2.05) is 64.3 Å². The lowest BCUT2D eigenvalue weighted by Gasteiger charge is -2.35. The summed E-state index contributed by atoms with van der Waals surface area (Å²) in [6.07, 6.45) is 4.48. The van der Waals surface area contributed by atoms with Crippen molar-refractivity contribution < 1.29 is 42.9 Å². The summed E-state index contributed by atoms with van der Waals surface area (Å²) in [5, 5.41) is 3.76. The van der Waals surface area contributed by atoms with Crippen LogP contribution < -0.4 is 9.47 Å². The van der Waals surface area contributed by atoms with Crippen molar-refractivity contribution in [3.8, 4) is 22.9 Å². The van der Waals surface area contributed by atoms with Crippen molar-refractivity contribution in [1.29, 1.82) is 0 Å². The molecular weight excluding hydrogens is 783 g/mol. The highest BCUT2D eigenvalue weighted by Crippen LogP contribution is 2.58. The van der Waals surface area contributed by atoms with Gasteiger partial charge in [0.25, 0.3) is 0 Å². The first-order valence-corrected chi connectivity index (χ1v) is 22.7. The van der Waals surface area contributed by atoms with Crippen LogP contribution in [-0.2, 0) is 39.8 Å². The number of carbonyl (C=O) groups excluding carboxylic acids is 4. The van der Waals surface area contributed by atoms with Gasteiger partial charge in [0.1, 0.15) is 30.3 Å². The molecule has 2 aromatic heterocycles. The predicted octanol–water partition coefficient (Wildman–Crippen LogP) is 8.26. The van der Waals surface area contributed by atoms with Crippen molar-refractivity contribution in [3.05, 3.63) is 34.7 Å². The third-order valence-corrected chi connectivity index (χ3v) is 14.1. The molecule has 3 heterocycles. The maximum atomic E-state index is 14.9. The molecule has 1 aliphatic heterocycles. The molecule has 9 atom stereocenters. The maximum absolute atomic E-state index is 14.9. The van der Waals surface area contributed by atoms with Gasteiger partial charge in [-0.15, -0.1) is 11.3 Å². The number of thiazole rings is 1. The number of amides is 1. The van der Waals surface area contributed by atoms with E-state index >= 15 is 0 Å². The summed E-state index contributed by atoms with van der Waals surface area (Å²) in [6.45, 7) is 14.6. The molecule has 7 rings (SSSR count). The number of aromatic nitrogens is 2. The van der Waals surface area contributed by atoms with E-state index in [-0.39, 0.29) is 67.6 Å². The van der Waals surface area contributed by atoms with E-state index in [0.717, 1.165) is 41.8 Å². The van der Waals surface area contributed by atoms with Gasteiger partial charge in [-0.1, -0.05) is 48.0 Å². The molecule has 3 aromatic rings. The molecule has 0 spiro atoms. The fourth-order valence-corrected chi connectivity index (χ4v) is 10.5. The molecule has 3 saturated carbocycles. The van der Waals surface area contributed by atoms with Crippen molar-refractivity contribution in [3.63, 3.8) is 0 Å². The number of hydrogen-bond acceptors (Lipinski definition) is 12. The third-order valence-electron chi connectivity index (χ3n) is 13.3. The van der Waals surface area contributed by atoms with Gasteiger partial charge >= 0.3 is 11.9 Å². The maximum Gasteiger partial charge on any atom is 0.312 e. The van der Waals surface area contributed by atoms with E-state index in [9.17, 15) is 19.2 Å². The first kappa shape index (κ1) is 44.0. The molecule has 0 N–H and O–H groups in total. The molecule has 3 aliphatic carbocycles. The molecule has 1 amide bonds. The van der Waals surface area contributed by atoms with Gasteiger partial charge in [0, 0.05) is 49.3 Å². The van der Waals surface area contributed by atoms with E-state index < -0.39 is 28.9 Å². The quantitative estimate of drug-likeness (QED) is 0.114. The Labute approximate surface area is 358 Å². The Kier molecular flexibility index (Phi) is 13.0. The van der Waals surface area contributed by atoms with E-state index in [1.165, 1.54) is 13.5 Å². The minimum Gasteiger partial charge on any atom is -0.491 e. The highest BCUT2D eigenvalue weighted by molar-refractivity contribution is 7.09. The van der Waals surface area contributed by atoms with Crippen LogP contribution in [0.1, 0.15) is 105 Å². The van der Waals surface area contributed by atoms with Crippen molar-refractivity contribution in [2.75, 3.05) is 27.4 Å². The van der Waals surface area contributed by atoms with Crippen molar-refractivity contribution in [1.82, 2.24) is 14.9 Å². The van der Waals surface area contributed by atoms with Crippen LogP contribution in [0.4, 0.5) is 0 Å². The number of fused-ring (bicyclic) bond motifs is 2. The predicted molar refractivity (Wildman–Crippen MR) is 229 cm³/mol. The standard InChI is InChI=1S/C47H63N3O9S/c1-10-30-21-47(30,45(54)56-9)22-40(51)39-18-33(23-50(39)44(53)35(46(5,6)7)19-43(52)59-32-15-28-14-29(28)16-32)58-41-20-37(38-25-60-42(49-38)13-26(2)3)48-36-17-31(11-12-34(36)41)57-24-27(4)55-8/h11-12,17,20,25-30,32-33,35,39H,10,13-16,18-19,21-24H2,1-9H3/t27?,28-,29+,30-,32?,33-,35-,39+,47-/m1/s1. The number of pyridine rings is 1. The van der Waals surface area contributed by atoms with Crippen LogP contribution >= 0.6 is 11.3 Å². The van der Waals surface area contributed by atoms with Gasteiger partial charge in [0.05, 0.1) is 65.5 Å². The largest absolute Gasteiger partial charge is 0.491 e. The molecule has 0 radical (unpaired) electrons. The van der Waals surface area contributed by atoms with Crippen LogP contribution in [0.3, 0.4) is 0 Å². The summed E-state index contributed by atoms with van der Waals surface area (Å²) >= 11 is 1.60. The Morgan fingerprint density at radius 1 is 0.967 bits per heavy atom. The van der Waals surface area contributed by atoms with Gasteiger partial charge in [-0.25, -0.2) is 9.97 Å². The molecule has 60 heavy (non-hydrogen) atoms. The second kappa shape index (κ2) is 17.7. The van der Waals surface area contributed by atoms with Gasteiger partial charge in [-0.05, 0) is 73.8 Å². The number of carbonyl (C=O) groups is 4. The average Bonchev–Trinajstić information content (AvgIpc) is 3.87. The van der Waals surface area contributed by atoms with Crippen molar-refractivity contribution >= 4 is 45.9 Å². The zero-order valence-corrected chi connectivity index (χ0v) is 37.6. The molecule has 12 nitrogen and oxygen atoms in total. The summed E-state index contributed by atoms with van der Waals surface area (Å²) in [6, 6.07) is 6.67. The van der Waals surface area contributed by atoms with Crippen molar-refractivity contribution in [2.45, 2.75) is 131 Å². The van der Waals surface area contributed by atoms with E-state index in [4.69, 9.17) is 33.7 Å². The molecule has 4 fully saturated rings. The molecule has 1 aromatic carbocycles. The number of Topliss-reactive ketones (excluding diaryl/α,β-unsaturated/α-hetero) is 1. The third kappa shape index (κ3) is 9.67. The lowest BCUT2D eigenvalue weighted by atomic mass is 9.77. The number of hydrogen-bond donors (Lipinski definition) is 0. The number of esters is 2. The molecular formula is C47H63N3O9S. The molecule has 4 aliphatic rings. The first-order valence-electron chi connectivity index (χ1n) is 21.8. The number of methoxy groups -OCH3 is 2. The minimum absolute atomic E-state index is 0.0269. The minimum atomic E-state index is -0.900. The fraction of sp³-hybridized carbons (Fsp3) is 0.660. The Balaban J connectivity index is 1.20. The Morgan fingerprint density at radius 3 is 2.37 bits per heavy atom. The average molecular weight is 846 g/mol. The molecule has 0 bridgehead atoms. The zero-order valence-electron chi connectivity index (χ0n) is 36.8. The summed E-state index contributed by atoms with van der Waals surface area (Å²) in [7, 11) is 3.00. The Bertz CT molecular complexity index is 2070. The number of nitrogens with zero attached hydrogens (tertiary/aromatic N) is 3. The van der Waals surface area contributed by atoms with E-state index in [1.54, 1.807) is 23.3 Å². The number of ketones is 1. The van der Waals surface area contributed by atoms with Gasteiger partial charge in [-0.2, -0.15) is 0 Å². The number of likely N-dealkylation sites (tertiary alicyclic amines) is 1. The lowest BCUT2D eigenvalue weighted by molar-refractivity contribution is -0.157. The van der Waals surface area contributed by atoms with Crippen molar-refractivity contribution in [2.24, 2.45) is 40.4 Å². The Morgan fingerprint density at radius 2 is 1.72 bits per heavy atom. The van der Waals surface area contributed by atoms with Crippen LogP contribution in [0.2, 0.25) is 0 Å². The first-order chi connectivity index (χ1) is 28.5. The number of benzene rings is 1. The monoisotopic (exact) mass is 845 g/mol. The molecule has 2 unspecified atom stereocenters. The molecule has 326 valence electrons. The highest BCUT2D eigenvalue weighted by atomic mass is 32.1. The second-order valence-electron chi connectivity index (χ2n) is 19.3. The highest BCUT2D eigenvalue weighted by Gasteiger charge is 2.62. The smallest absolute Gasteiger partial charge is 0.312 e. The van der Waals surface area contributed by atoms with Gasteiger partial charge in [-0.3, -0.25) is 19.2 Å². The van der Waals surface area contributed by atoms with Gasteiger partial charge in [0.15, 0.2) is 5.78 Å². The van der Waals surface area contributed by atoms with Crippen LogP contribution in [-0.4, -0.2) is 90.2 Å². The molecule has 1 saturated heterocycles. The topological polar surface area (TPSA) is 143 Å². The summed E-state index contributed by atoms with van der Waals surface area (Å²) < 4.78 is 29.5. The summed E-state index contributed by atoms with van der Waals surface area (Å²) in [5.41, 5.74) is 0.497. The second-order valence-corrected chi connectivity index (χ2v) is 20.3. The van der Waals surface area contributed by atoms with Crippen LogP contribution in [0.25, 0.3) is 22.3 Å². The number of rotatable bonds is 18. The summed E-state index contributed by atoms with van der Waals surface area (Å²) in [4.78, 5) is 67.6. The normalized spacial score (nSPS) is 26.7. The zero-order chi connectivity index (χ0) is 43.1. The number of ether oxygens (including phenoxy) is 5. The van der Waals surface area contributed by atoms with Crippen LogP contribution in [0.5, 0.6) is 11.5 Å². The van der Waals surface area contributed by atoms with Gasteiger partial charge in [0.2, 0.25) is 5.91 Å². The van der Waals surface area contributed by atoms with Crippen LogP contribution in [0.15, 0.2) is 29.6 Å². The van der Waals surface area contributed by atoms with Crippen LogP contribution in [0, 0.1) is 40.4 Å². The van der Waals surface area contributed by atoms with Gasteiger partial charge < -0.3 is 28.6 Å². The fourth-order valence-electron chi connectivity index (χ4n) is 9.47. The SMILES string of the molecule is CC[C@@H]1C[C@]1(CC(=O)[C@@H]1C[C@@H](Oc2cc(-c3csc(CC(C)C)n3)nc3cc(OCC(C)OC)ccc23)CN1C(=O)[C@@H](CC(=O)OC1C[C@@H]2C[C@@H]2C1)C(C)(C)C)C(=O)OC. The molecule has 13 heteroatoms. The lowest BCUT2D eigenvalue weighted by Crippen LogP contribution is -2.48. The Hall–Kier alpha value is -4.10. The van der Waals surface area contributed by atoms with E-state index in [2.05, 4.69) is 13.8 Å². The van der Waals surface area contributed by atoms with E-state index in [0.29, 0.717) is 53.5 Å².